The van der Waals surface area contributed by atoms with Gasteiger partial charge in [-0.25, -0.2) is 9.59 Å². The van der Waals surface area contributed by atoms with Crippen LogP contribution < -0.4 is 0 Å². The molecule has 6 nitrogen and oxygen atoms in total. The van der Waals surface area contributed by atoms with Crippen molar-refractivity contribution in [2.24, 2.45) is 0 Å². The summed E-state index contributed by atoms with van der Waals surface area (Å²) in [5.74, 6) is 0. The summed E-state index contributed by atoms with van der Waals surface area (Å²) in [6.07, 6.45) is 2.66. The van der Waals surface area contributed by atoms with Crippen LogP contribution in [0.4, 0.5) is 9.59 Å². The van der Waals surface area contributed by atoms with Crippen molar-refractivity contribution in [2.45, 2.75) is 27.7 Å². The minimum absolute atomic E-state index is 0.179. The van der Waals surface area contributed by atoms with E-state index in [4.69, 9.17) is 9.47 Å². The summed E-state index contributed by atoms with van der Waals surface area (Å²) in [4.78, 5) is 26.2. The van der Waals surface area contributed by atoms with E-state index >= 15 is 0 Å². The van der Waals surface area contributed by atoms with Crippen molar-refractivity contribution in [2.75, 3.05) is 39.4 Å². The zero-order valence-corrected chi connectivity index (χ0v) is 12.9. The average molecular weight is 286 g/mol. The summed E-state index contributed by atoms with van der Waals surface area (Å²) in [7, 11) is 0. The summed E-state index contributed by atoms with van der Waals surface area (Å²) in [6.45, 7) is 10.4. The highest BCUT2D eigenvalue weighted by Gasteiger charge is 2.10. The Balaban J connectivity index is 3.83. The second-order valence-corrected chi connectivity index (χ2v) is 3.97. The topological polar surface area (TPSA) is 59.1 Å². The third-order valence-corrected chi connectivity index (χ3v) is 2.82. The molecular formula is C14H26N2O4. The van der Waals surface area contributed by atoms with E-state index < -0.39 is 0 Å². The van der Waals surface area contributed by atoms with Gasteiger partial charge in [0.25, 0.3) is 0 Å². The quantitative estimate of drug-likeness (QED) is 0.643. The third-order valence-electron chi connectivity index (χ3n) is 2.82. The molecule has 0 radical (unpaired) electrons. The van der Waals surface area contributed by atoms with Crippen LogP contribution in [0.2, 0.25) is 0 Å². The average Bonchev–Trinajstić information content (AvgIpc) is 2.45. The molecule has 0 bridgehead atoms. The van der Waals surface area contributed by atoms with E-state index in [9.17, 15) is 9.59 Å². The van der Waals surface area contributed by atoms with Crippen LogP contribution in [-0.4, -0.2) is 61.4 Å². The maximum absolute atomic E-state index is 11.5. The van der Waals surface area contributed by atoms with Crippen molar-refractivity contribution in [1.29, 1.82) is 0 Å². The number of amides is 2. The Kier molecular flexibility index (Phi) is 10.2. The molecule has 0 aliphatic carbocycles. The SMILES string of the molecule is CCN(CC)C(=O)OC/C=C\COC(=O)N(CC)CC. The molecule has 0 spiro atoms. The Morgan fingerprint density at radius 1 is 0.750 bits per heavy atom. The van der Waals surface area contributed by atoms with Gasteiger partial charge in [0.1, 0.15) is 13.2 Å². The van der Waals surface area contributed by atoms with Gasteiger partial charge < -0.3 is 19.3 Å². The van der Waals surface area contributed by atoms with Crippen LogP contribution in [0, 0.1) is 0 Å². The standard InChI is InChI=1S/C14H26N2O4/c1-5-15(6-2)13(17)19-11-9-10-12-20-14(18)16(7-3)8-4/h9-10H,5-8,11-12H2,1-4H3/b10-9-. The number of carbonyl (C=O) groups is 2. The summed E-state index contributed by atoms with van der Waals surface area (Å²) < 4.78 is 10.1. The molecule has 0 aromatic rings. The lowest BCUT2D eigenvalue weighted by molar-refractivity contribution is 0.113. The largest absolute Gasteiger partial charge is 0.445 e. The molecule has 0 N–H and O–H groups in total. The van der Waals surface area contributed by atoms with Crippen molar-refractivity contribution in [3.05, 3.63) is 12.2 Å². The summed E-state index contributed by atoms with van der Waals surface area (Å²) in [6, 6.07) is 0. The van der Waals surface area contributed by atoms with Crippen LogP contribution >= 0.6 is 0 Å². The molecule has 0 heterocycles. The van der Waals surface area contributed by atoms with E-state index in [0.717, 1.165) is 0 Å². The van der Waals surface area contributed by atoms with Gasteiger partial charge in [-0.3, -0.25) is 0 Å². The highest BCUT2D eigenvalue weighted by atomic mass is 16.6. The van der Waals surface area contributed by atoms with E-state index in [1.807, 2.05) is 27.7 Å². The molecule has 20 heavy (non-hydrogen) atoms. The fourth-order valence-electron chi connectivity index (χ4n) is 1.52. The predicted octanol–water partition coefficient (Wildman–Crippen LogP) is 2.50. The molecule has 0 fully saturated rings. The first-order valence-electron chi connectivity index (χ1n) is 7.08. The Labute approximate surface area is 121 Å². The van der Waals surface area contributed by atoms with Crippen molar-refractivity contribution >= 4 is 12.2 Å². The molecule has 0 aliphatic rings. The highest BCUT2D eigenvalue weighted by Crippen LogP contribution is 1.95. The molecule has 0 rings (SSSR count). The number of ether oxygens (including phenoxy) is 2. The molecule has 0 aromatic carbocycles. The molecule has 116 valence electrons. The Bertz CT molecular complexity index is 280. The van der Waals surface area contributed by atoms with E-state index in [0.29, 0.717) is 26.2 Å². The number of rotatable bonds is 8. The Morgan fingerprint density at radius 2 is 1.05 bits per heavy atom. The van der Waals surface area contributed by atoms with Crippen molar-refractivity contribution in [1.82, 2.24) is 9.80 Å². The monoisotopic (exact) mass is 286 g/mol. The molecule has 0 unspecified atom stereocenters. The van der Waals surface area contributed by atoms with Gasteiger partial charge in [-0.15, -0.1) is 0 Å². The zero-order valence-electron chi connectivity index (χ0n) is 12.9. The van der Waals surface area contributed by atoms with Crippen LogP contribution in [0.3, 0.4) is 0 Å². The minimum Gasteiger partial charge on any atom is -0.445 e. The third kappa shape index (κ3) is 7.01. The second-order valence-electron chi connectivity index (χ2n) is 3.97. The maximum atomic E-state index is 11.5. The number of nitrogens with zero attached hydrogens (tertiary/aromatic N) is 2. The van der Waals surface area contributed by atoms with Crippen molar-refractivity contribution < 1.29 is 19.1 Å². The minimum atomic E-state index is -0.334. The summed E-state index contributed by atoms with van der Waals surface area (Å²) in [5, 5.41) is 0. The van der Waals surface area contributed by atoms with Gasteiger partial charge in [0.15, 0.2) is 0 Å². The first kappa shape index (κ1) is 18.3. The van der Waals surface area contributed by atoms with E-state index in [1.165, 1.54) is 0 Å². The molecule has 0 aliphatic heterocycles. The highest BCUT2D eigenvalue weighted by molar-refractivity contribution is 5.68. The molecule has 0 aromatic heterocycles. The van der Waals surface area contributed by atoms with Crippen LogP contribution in [0.15, 0.2) is 12.2 Å². The first-order valence-corrected chi connectivity index (χ1v) is 7.08. The number of hydrogen-bond acceptors (Lipinski definition) is 4. The maximum Gasteiger partial charge on any atom is 0.410 e. The van der Waals surface area contributed by atoms with Gasteiger partial charge in [0, 0.05) is 26.2 Å². The van der Waals surface area contributed by atoms with E-state index in [2.05, 4.69) is 0 Å². The van der Waals surface area contributed by atoms with Gasteiger partial charge in [0.2, 0.25) is 0 Å². The first-order chi connectivity index (χ1) is 9.60. The molecular weight excluding hydrogens is 260 g/mol. The normalized spacial score (nSPS) is 10.4. The lowest BCUT2D eigenvalue weighted by Gasteiger charge is -2.17. The fraction of sp³-hybridized carbons (Fsp3) is 0.714. The van der Waals surface area contributed by atoms with Crippen LogP contribution in [0.25, 0.3) is 0 Å². The van der Waals surface area contributed by atoms with E-state index in [-0.39, 0.29) is 25.4 Å². The summed E-state index contributed by atoms with van der Waals surface area (Å²) >= 11 is 0. The second kappa shape index (κ2) is 11.1. The van der Waals surface area contributed by atoms with Crippen LogP contribution in [0.1, 0.15) is 27.7 Å². The fourth-order valence-corrected chi connectivity index (χ4v) is 1.52. The van der Waals surface area contributed by atoms with Crippen LogP contribution in [-0.2, 0) is 9.47 Å². The van der Waals surface area contributed by atoms with Gasteiger partial charge in [-0.1, -0.05) is 0 Å². The Hall–Kier alpha value is -1.72. The predicted molar refractivity (Wildman–Crippen MR) is 77.7 cm³/mol. The van der Waals surface area contributed by atoms with Gasteiger partial charge in [-0.2, -0.15) is 0 Å². The molecule has 2 amide bonds. The number of hydrogen-bond donors (Lipinski definition) is 0. The number of carbonyl (C=O) groups excluding carboxylic acids is 2. The van der Waals surface area contributed by atoms with Crippen molar-refractivity contribution in [3.8, 4) is 0 Å². The van der Waals surface area contributed by atoms with Crippen molar-refractivity contribution in [3.63, 3.8) is 0 Å². The molecule has 6 heteroatoms. The molecule has 0 atom stereocenters. The smallest absolute Gasteiger partial charge is 0.410 e. The lowest BCUT2D eigenvalue weighted by Crippen LogP contribution is -2.31. The van der Waals surface area contributed by atoms with Gasteiger partial charge in [0.05, 0.1) is 0 Å². The van der Waals surface area contributed by atoms with E-state index in [1.54, 1.807) is 22.0 Å². The summed E-state index contributed by atoms with van der Waals surface area (Å²) in [5.41, 5.74) is 0. The molecule has 0 saturated carbocycles. The van der Waals surface area contributed by atoms with Crippen LogP contribution in [0.5, 0.6) is 0 Å². The molecule has 0 saturated heterocycles. The lowest BCUT2D eigenvalue weighted by atomic mass is 10.5. The van der Waals surface area contributed by atoms with Gasteiger partial charge in [-0.05, 0) is 39.8 Å². The van der Waals surface area contributed by atoms with Gasteiger partial charge >= 0.3 is 12.2 Å². The Morgan fingerprint density at radius 3 is 1.30 bits per heavy atom. The zero-order chi connectivity index (χ0) is 15.4.